The molecule has 96 valence electrons. The molecule has 0 saturated carbocycles. The van der Waals surface area contributed by atoms with Crippen molar-refractivity contribution in [2.45, 2.75) is 0 Å². The minimum Gasteiger partial charge on any atom is -0.396 e. The number of rotatable bonds is 1. The molecule has 0 fully saturated rings. The third-order valence-electron chi connectivity index (χ3n) is 3.14. The minimum absolute atomic E-state index is 0.0945. The van der Waals surface area contributed by atoms with Crippen molar-refractivity contribution in [3.8, 4) is 11.4 Å². The molecule has 0 bridgehead atoms. The second-order valence-electron chi connectivity index (χ2n) is 4.30. The Hall–Kier alpha value is -2.07. The molecule has 0 spiro atoms. The number of hydrogen-bond acceptors (Lipinski definition) is 2. The van der Waals surface area contributed by atoms with E-state index in [4.69, 9.17) is 17.3 Å². The van der Waals surface area contributed by atoms with Gasteiger partial charge in [0, 0.05) is 12.6 Å². The smallest absolute Gasteiger partial charge is 0.146 e. The molecule has 3 nitrogen and oxygen atoms in total. The average molecular weight is 276 g/mol. The van der Waals surface area contributed by atoms with Gasteiger partial charge in [0.2, 0.25) is 0 Å². The molecule has 2 aromatic carbocycles. The second kappa shape index (κ2) is 4.24. The van der Waals surface area contributed by atoms with Crippen LogP contribution in [0.25, 0.3) is 22.4 Å². The summed E-state index contributed by atoms with van der Waals surface area (Å²) in [5.74, 6) is 0.149. The molecule has 1 aromatic heterocycles. The quantitative estimate of drug-likeness (QED) is 0.690. The Morgan fingerprint density at radius 2 is 1.95 bits per heavy atom. The first-order chi connectivity index (χ1) is 9.09. The number of anilines is 1. The monoisotopic (exact) mass is 275 g/mol. The van der Waals surface area contributed by atoms with Crippen LogP contribution in [-0.4, -0.2) is 9.55 Å². The molecule has 0 unspecified atom stereocenters. The summed E-state index contributed by atoms with van der Waals surface area (Å²) >= 11 is 6.17. The number of aromatic nitrogens is 2. The van der Waals surface area contributed by atoms with Crippen LogP contribution in [0, 0.1) is 5.82 Å². The summed E-state index contributed by atoms with van der Waals surface area (Å²) in [6, 6.07) is 10.2. The van der Waals surface area contributed by atoms with Gasteiger partial charge in [0.05, 0.1) is 21.7 Å². The Morgan fingerprint density at radius 1 is 1.21 bits per heavy atom. The number of aryl methyl sites for hydroxylation is 1. The maximum absolute atomic E-state index is 13.5. The molecule has 19 heavy (non-hydrogen) atoms. The minimum atomic E-state index is -0.448. The Labute approximate surface area is 114 Å². The molecule has 3 aromatic rings. The van der Waals surface area contributed by atoms with Gasteiger partial charge in [-0.2, -0.15) is 0 Å². The van der Waals surface area contributed by atoms with Crippen LogP contribution < -0.4 is 5.73 Å². The molecular weight excluding hydrogens is 265 g/mol. The van der Waals surface area contributed by atoms with Gasteiger partial charge in [-0.05, 0) is 24.3 Å². The number of nitrogens with two attached hydrogens (primary N) is 1. The van der Waals surface area contributed by atoms with Crippen LogP contribution in [0.1, 0.15) is 0 Å². The van der Waals surface area contributed by atoms with Crippen molar-refractivity contribution in [1.29, 1.82) is 0 Å². The lowest BCUT2D eigenvalue weighted by Crippen LogP contribution is -1.99. The van der Waals surface area contributed by atoms with E-state index in [9.17, 15) is 4.39 Å². The zero-order valence-electron chi connectivity index (χ0n) is 10.2. The van der Waals surface area contributed by atoms with Crippen LogP contribution in [0.15, 0.2) is 36.4 Å². The van der Waals surface area contributed by atoms with Crippen molar-refractivity contribution in [2.75, 3.05) is 5.73 Å². The summed E-state index contributed by atoms with van der Waals surface area (Å²) < 4.78 is 15.4. The highest BCUT2D eigenvalue weighted by molar-refractivity contribution is 6.35. The average Bonchev–Trinajstić information content (AvgIpc) is 2.72. The first-order valence-corrected chi connectivity index (χ1v) is 6.12. The lowest BCUT2D eigenvalue weighted by Gasteiger charge is -2.06. The predicted molar refractivity (Wildman–Crippen MR) is 75.5 cm³/mol. The van der Waals surface area contributed by atoms with E-state index in [0.29, 0.717) is 16.4 Å². The number of fused-ring (bicyclic) bond motifs is 1. The van der Waals surface area contributed by atoms with Crippen LogP contribution in [-0.2, 0) is 7.05 Å². The Bertz CT molecular complexity index is 780. The van der Waals surface area contributed by atoms with E-state index in [-0.39, 0.29) is 5.69 Å². The third-order valence-corrected chi connectivity index (χ3v) is 3.44. The van der Waals surface area contributed by atoms with E-state index in [0.717, 1.165) is 11.0 Å². The highest BCUT2D eigenvalue weighted by Gasteiger charge is 2.15. The standard InChI is InChI=1S/C14H11ClFN3/c1-19-13-9(15)5-3-7-11(13)18-14(19)8-4-2-6-10(16)12(8)17/h2-7H,17H2,1H3. The zero-order valence-corrected chi connectivity index (χ0v) is 10.9. The summed E-state index contributed by atoms with van der Waals surface area (Å²) in [7, 11) is 1.83. The van der Waals surface area contributed by atoms with E-state index >= 15 is 0 Å². The molecule has 0 amide bonds. The second-order valence-corrected chi connectivity index (χ2v) is 4.71. The fourth-order valence-corrected chi connectivity index (χ4v) is 2.49. The maximum atomic E-state index is 13.5. The highest BCUT2D eigenvalue weighted by Crippen LogP contribution is 2.31. The maximum Gasteiger partial charge on any atom is 0.146 e. The van der Waals surface area contributed by atoms with Gasteiger partial charge in [-0.15, -0.1) is 0 Å². The molecule has 0 aliphatic carbocycles. The van der Waals surface area contributed by atoms with Gasteiger partial charge in [-0.25, -0.2) is 9.37 Å². The molecule has 0 atom stereocenters. The molecule has 1 heterocycles. The first-order valence-electron chi connectivity index (χ1n) is 5.75. The zero-order chi connectivity index (χ0) is 13.6. The van der Waals surface area contributed by atoms with Gasteiger partial charge in [0.15, 0.2) is 0 Å². The summed E-state index contributed by atoms with van der Waals surface area (Å²) in [5, 5.41) is 0.605. The van der Waals surface area contributed by atoms with Crippen molar-refractivity contribution in [3.63, 3.8) is 0 Å². The summed E-state index contributed by atoms with van der Waals surface area (Å²) in [4.78, 5) is 4.48. The largest absolute Gasteiger partial charge is 0.396 e. The van der Waals surface area contributed by atoms with Gasteiger partial charge in [-0.3, -0.25) is 0 Å². The molecule has 2 N–H and O–H groups in total. The van der Waals surface area contributed by atoms with E-state index in [1.807, 2.05) is 23.7 Å². The van der Waals surface area contributed by atoms with Crippen LogP contribution >= 0.6 is 11.6 Å². The molecule has 0 aliphatic heterocycles. The van der Waals surface area contributed by atoms with Crippen LogP contribution in [0.5, 0.6) is 0 Å². The van der Waals surface area contributed by atoms with E-state index in [1.54, 1.807) is 18.2 Å². The Balaban J connectivity index is 2.35. The number of para-hydroxylation sites is 2. The fourth-order valence-electron chi connectivity index (χ4n) is 2.19. The third kappa shape index (κ3) is 1.76. The van der Waals surface area contributed by atoms with Crippen molar-refractivity contribution in [3.05, 3.63) is 47.2 Å². The van der Waals surface area contributed by atoms with Gasteiger partial charge < -0.3 is 10.3 Å². The van der Waals surface area contributed by atoms with Crippen LogP contribution in [0.4, 0.5) is 10.1 Å². The van der Waals surface area contributed by atoms with Crippen molar-refractivity contribution >= 4 is 28.3 Å². The molecule has 0 radical (unpaired) electrons. The predicted octanol–water partition coefficient (Wildman–Crippen LogP) is 3.62. The van der Waals surface area contributed by atoms with E-state index < -0.39 is 5.82 Å². The summed E-state index contributed by atoms with van der Waals surface area (Å²) in [5.41, 5.74) is 8.01. The van der Waals surface area contributed by atoms with Gasteiger partial charge in [0.1, 0.15) is 11.6 Å². The summed E-state index contributed by atoms with van der Waals surface area (Å²) in [6.07, 6.45) is 0. The molecule has 0 aliphatic rings. The lowest BCUT2D eigenvalue weighted by molar-refractivity contribution is 0.632. The molecular formula is C14H11ClFN3. The highest BCUT2D eigenvalue weighted by atomic mass is 35.5. The number of benzene rings is 2. The van der Waals surface area contributed by atoms with E-state index in [1.165, 1.54) is 6.07 Å². The normalized spacial score (nSPS) is 11.1. The van der Waals surface area contributed by atoms with Gasteiger partial charge in [-0.1, -0.05) is 23.7 Å². The number of halogens is 2. The fraction of sp³-hybridized carbons (Fsp3) is 0.0714. The van der Waals surface area contributed by atoms with Crippen molar-refractivity contribution in [2.24, 2.45) is 7.05 Å². The van der Waals surface area contributed by atoms with Crippen molar-refractivity contribution in [1.82, 2.24) is 9.55 Å². The van der Waals surface area contributed by atoms with Gasteiger partial charge in [0.25, 0.3) is 0 Å². The lowest BCUT2D eigenvalue weighted by atomic mass is 10.1. The van der Waals surface area contributed by atoms with Crippen molar-refractivity contribution < 1.29 is 4.39 Å². The first kappa shape index (κ1) is 12.0. The summed E-state index contributed by atoms with van der Waals surface area (Å²) in [6.45, 7) is 0. The van der Waals surface area contributed by atoms with Gasteiger partial charge >= 0.3 is 0 Å². The Kier molecular flexibility index (Phi) is 2.68. The molecule has 0 saturated heterocycles. The number of hydrogen-bond donors (Lipinski definition) is 1. The Morgan fingerprint density at radius 3 is 2.68 bits per heavy atom. The molecule has 3 rings (SSSR count). The number of nitrogen functional groups attached to an aromatic ring is 1. The van der Waals surface area contributed by atoms with E-state index in [2.05, 4.69) is 4.98 Å². The molecule has 5 heteroatoms. The SMILES string of the molecule is Cn1c(-c2cccc(F)c2N)nc2cccc(Cl)c21. The number of nitrogens with zero attached hydrogens (tertiary/aromatic N) is 2. The van der Waals surface area contributed by atoms with Crippen LogP contribution in [0.3, 0.4) is 0 Å². The van der Waals surface area contributed by atoms with Crippen LogP contribution in [0.2, 0.25) is 5.02 Å². The number of imidazole rings is 1. The topological polar surface area (TPSA) is 43.8 Å².